The highest BCUT2D eigenvalue weighted by Crippen LogP contribution is 2.28. The SMILES string of the molecule is CCOc1ccc(Nc2ncnc(Nc3ccc(C(=O)O)cc3)c2N)cc1. The number of nitrogens with two attached hydrogens (primary N) is 1. The van der Waals surface area contributed by atoms with Crippen LogP contribution in [-0.2, 0) is 0 Å². The molecule has 0 aliphatic heterocycles. The summed E-state index contributed by atoms with van der Waals surface area (Å²) >= 11 is 0. The van der Waals surface area contributed by atoms with Gasteiger partial charge in [-0.15, -0.1) is 0 Å². The lowest BCUT2D eigenvalue weighted by Gasteiger charge is -2.13. The van der Waals surface area contributed by atoms with Crippen molar-refractivity contribution >= 4 is 34.7 Å². The molecule has 8 nitrogen and oxygen atoms in total. The van der Waals surface area contributed by atoms with Gasteiger partial charge in [-0.2, -0.15) is 0 Å². The van der Waals surface area contributed by atoms with Crippen molar-refractivity contribution < 1.29 is 14.6 Å². The molecule has 0 radical (unpaired) electrons. The van der Waals surface area contributed by atoms with Crippen LogP contribution in [-0.4, -0.2) is 27.7 Å². The van der Waals surface area contributed by atoms with E-state index in [0.717, 1.165) is 11.4 Å². The Balaban J connectivity index is 1.76. The number of aromatic nitrogens is 2. The fourth-order valence-electron chi connectivity index (χ4n) is 2.37. The quantitative estimate of drug-likeness (QED) is 0.500. The van der Waals surface area contributed by atoms with E-state index < -0.39 is 5.97 Å². The molecule has 3 rings (SSSR count). The Morgan fingerprint density at radius 2 is 1.52 bits per heavy atom. The molecule has 1 heterocycles. The number of nitrogens with one attached hydrogen (secondary N) is 2. The van der Waals surface area contributed by atoms with Gasteiger partial charge in [0.15, 0.2) is 11.6 Å². The molecule has 138 valence electrons. The van der Waals surface area contributed by atoms with Gasteiger partial charge in [0.05, 0.1) is 12.2 Å². The van der Waals surface area contributed by atoms with Crippen molar-refractivity contribution in [2.45, 2.75) is 6.92 Å². The zero-order valence-corrected chi connectivity index (χ0v) is 14.6. The van der Waals surface area contributed by atoms with Gasteiger partial charge in [-0.3, -0.25) is 0 Å². The number of rotatable bonds is 7. The van der Waals surface area contributed by atoms with Crippen LogP contribution in [0.1, 0.15) is 17.3 Å². The standard InChI is InChI=1S/C19H19N5O3/c1-2-27-15-9-7-14(8-10-15)24-18-16(20)17(21-11-22-18)23-13-5-3-12(4-6-13)19(25)26/h3-11H,2,20H2,1H3,(H,25,26)(H2,21,22,23,24). The first kappa shape index (κ1) is 18.0. The number of nitrogens with zero attached hydrogens (tertiary/aromatic N) is 2. The summed E-state index contributed by atoms with van der Waals surface area (Å²) in [7, 11) is 0. The van der Waals surface area contributed by atoms with Crippen LogP contribution >= 0.6 is 0 Å². The predicted molar refractivity (Wildman–Crippen MR) is 104 cm³/mol. The second kappa shape index (κ2) is 8.05. The predicted octanol–water partition coefficient (Wildman–Crippen LogP) is 3.64. The van der Waals surface area contributed by atoms with Gasteiger partial charge >= 0.3 is 5.97 Å². The van der Waals surface area contributed by atoms with Crippen molar-refractivity contribution in [3.8, 4) is 5.75 Å². The van der Waals surface area contributed by atoms with Crippen LogP contribution in [0.4, 0.5) is 28.7 Å². The van der Waals surface area contributed by atoms with Gasteiger partial charge in [-0.05, 0) is 55.5 Å². The third-order valence-corrected chi connectivity index (χ3v) is 3.71. The van der Waals surface area contributed by atoms with E-state index in [1.54, 1.807) is 12.1 Å². The van der Waals surface area contributed by atoms with Crippen molar-refractivity contribution in [1.82, 2.24) is 9.97 Å². The number of carboxylic acid groups (broad SMARTS) is 1. The third kappa shape index (κ3) is 4.43. The lowest BCUT2D eigenvalue weighted by atomic mass is 10.2. The largest absolute Gasteiger partial charge is 0.494 e. The first-order chi connectivity index (χ1) is 13.1. The lowest BCUT2D eigenvalue weighted by molar-refractivity contribution is 0.0697. The lowest BCUT2D eigenvalue weighted by Crippen LogP contribution is -2.05. The molecule has 0 fully saturated rings. The zero-order valence-electron chi connectivity index (χ0n) is 14.6. The first-order valence-electron chi connectivity index (χ1n) is 8.27. The number of nitrogen functional groups attached to an aromatic ring is 1. The molecule has 5 N–H and O–H groups in total. The smallest absolute Gasteiger partial charge is 0.335 e. The second-order valence-electron chi connectivity index (χ2n) is 5.57. The van der Waals surface area contributed by atoms with Crippen molar-refractivity contribution in [2.24, 2.45) is 0 Å². The van der Waals surface area contributed by atoms with Gasteiger partial charge in [0.1, 0.15) is 17.8 Å². The molecule has 0 unspecified atom stereocenters. The molecular formula is C19H19N5O3. The summed E-state index contributed by atoms with van der Waals surface area (Å²) in [4.78, 5) is 19.2. The molecule has 3 aromatic rings. The fourth-order valence-corrected chi connectivity index (χ4v) is 2.37. The molecule has 27 heavy (non-hydrogen) atoms. The molecular weight excluding hydrogens is 346 g/mol. The summed E-state index contributed by atoms with van der Waals surface area (Å²) in [6.07, 6.45) is 1.39. The van der Waals surface area contributed by atoms with E-state index in [0.29, 0.717) is 29.6 Å². The Kier molecular flexibility index (Phi) is 5.36. The molecule has 0 spiro atoms. The van der Waals surface area contributed by atoms with Crippen LogP contribution in [0.3, 0.4) is 0 Å². The minimum Gasteiger partial charge on any atom is -0.494 e. The highest BCUT2D eigenvalue weighted by Gasteiger charge is 2.10. The minimum absolute atomic E-state index is 0.203. The number of carbonyl (C=O) groups is 1. The average Bonchev–Trinajstić information content (AvgIpc) is 2.67. The highest BCUT2D eigenvalue weighted by molar-refractivity contribution is 5.88. The molecule has 0 atom stereocenters. The van der Waals surface area contributed by atoms with Crippen molar-refractivity contribution in [3.63, 3.8) is 0 Å². The summed E-state index contributed by atoms with van der Waals surface area (Å²) in [5.41, 5.74) is 8.18. The van der Waals surface area contributed by atoms with Gasteiger partial charge in [0, 0.05) is 11.4 Å². The van der Waals surface area contributed by atoms with Gasteiger partial charge in [-0.1, -0.05) is 0 Å². The Morgan fingerprint density at radius 1 is 1.00 bits per heavy atom. The molecule has 1 aromatic heterocycles. The van der Waals surface area contributed by atoms with Crippen LogP contribution in [0.25, 0.3) is 0 Å². The van der Waals surface area contributed by atoms with Gasteiger partial charge < -0.3 is 26.2 Å². The van der Waals surface area contributed by atoms with E-state index in [-0.39, 0.29) is 5.56 Å². The minimum atomic E-state index is -0.982. The maximum atomic E-state index is 10.9. The number of benzene rings is 2. The molecule has 0 aliphatic carbocycles. The van der Waals surface area contributed by atoms with Crippen LogP contribution < -0.4 is 21.1 Å². The molecule has 0 aliphatic rings. The van der Waals surface area contributed by atoms with Crippen molar-refractivity contribution in [3.05, 3.63) is 60.4 Å². The van der Waals surface area contributed by atoms with Gasteiger partial charge in [0.25, 0.3) is 0 Å². The summed E-state index contributed by atoms with van der Waals surface area (Å²) in [5.74, 6) is 0.677. The van der Waals surface area contributed by atoms with E-state index in [1.165, 1.54) is 18.5 Å². The van der Waals surface area contributed by atoms with Crippen molar-refractivity contribution in [2.75, 3.05) is 23.0 Å². The average molecular weight is 365 g/mol. The highest BCUT2D eigenvalue weighted by atomic mass is 16.5. The summed E-state index contributed by atoms with van der Waals surface area (Å²) < 4.78 is 5.42. The van der Waals surface area contributed by atoms with Crippen LogP contribution in [0.15, 0.2) is 54.9 Å². The Bertz CT molecular complexity index is 927. The van der Waals surface area contributed by atoms with E-state index >= 15 is 0 Å². The Hall–Kier alpha value is -3.81. The van der Waals surface area contributed by atoms with E-state index in [4.69, 9.17) is 15.6 Å². The molecule has 0 amide bonds. The number of hydrogen-bond donors (Lipinski definition) is 4. The van der Waals surface area contributed by atoms with Gasteiger partial charge in [0.2, 0.25) is 0 Å². The summed E-state index contributed by atoms with van der Waals surface area (Å²) in [6.45, 7) is 2.53. The molecule has 0 saturated heterocycles. The number of hydrogen-bond acceptors (Lipinski definition) is 7. The number of aromatic carboxylic acids is 1. The van der Waals surface area contributed by atoms with Crippen LogP contribution in [0.2, 0.25) is 0 Å². The maximum absolute atomic E-state index is 10.9. The monoisotopic (exact) mass is 365 g/mol. The molecule has 0 saturated carbocycles. The van der Waals surface area contributed by atoms with E-state index in [2.05, 4.69) is 20.6 Å². The topological polar surface area (TPSA) is 122 Å². The molecule has 0 bridgehead atoms. The van der Waals surface area contributed by atoms with E-state index in [9.17, 15) is 4.79 Å². The van der Waals surface area contributed by atoms with Crippen LogP contribution in [0, 0.1) is 0 Å². The normalized spacial score (nSPS) is 10.3. The summed E-state index contributed by atoms with van der Waals surface area (Å²) in [5, 5.41) is 15.2. The maximum Gasteiger partial charge on any atom is 0.335 e. The molecule has 8 heteroatoms. The molecule has 2 aromatic carbocycles. The van der Waals surface area contributed by atoms with Gasteiger partial charge in [-0.25, -0.2) is 14.8 Å². The second-order valence-corrected chi connectivity index (χ2v) is 5.57. The van der Waals surface area contributed by atoms with Crippen molar-refractivity contribution in [1.29, 1.82) is 0 Å². The van der Waals surface area contributed by atoms with E-state index in [1.807, 2.05) is 31.2 Å². The Labute approximate surface area is 156 Å². The third-order valence-electron chi connectivity index (χ3n) is 3.71. The summed E-state index contributed by atoms with van der Waals surface area (Å²) in [6, 6.07) is 13.7. The Morgan fingerprint density at radius 3 is 2.00 bits per heavy atom. The number of anilines is 5. The number of ether oxygens (including phenoxy) is 1. The first-order valence-corrected chi connectivity index (χ1v) is 8.27. The fraction of sp³-hybridized carbons (Fsp3) is 0.105. The number of carboxylic acids is 1. The zero-order chi connectivity index (χ0) is 19.2. The van der Waals surface area contributed by atoms with Crippen LogP contribution in [0.5, 0.6) is 5.75 Å².